The van der Waals surface area contributed by atoms with E-state index in [1.807, 2.05) is 13.0 Å². The molecule has 0 saturated heterocycles. The highest BCUT2D eigenvalue weighted by Gasteiger charge is 2.13. The molecular weight excluding hydrogens is 232 g/mol. The van der Waals surface area contributed by atoms with Crippen LogP contribution in [-0.4, -0.2) is 26.7 Å². The first-order chi connectivity index (χ1) is 8.63. The van der Waals surface area contributed by atoms with Crippen molar-refractivity contribution < 1.29 is 14.3 Å². The number of carbonyl (C=O) groups excluding carboxylic acids is 1. The van der Waals surface area contributed by atoms with Crippen molar-refractivity contribution in [3.8, 4) is 17.6 Å². The van der Waals surface area contributed by atoms with E-state index in [1.165, 1.54) is 0 Å². The maximum atomic E-state index is 11.6. The summed E-state index contributed by atoms with van der Waals surface area (Å²) in [5, 5.41) is 10.9. The SMILES string of the molecule is COc1ccc(CC(=O)NCC#N)c(OC)c1C. The molecule has 96 valence electrons. The van der Waals surface area contributed by atoms with Gasteiger partial charge < -0.3 is 14.8 Å². The molecule has 0 bridgehead atoms. The van der Waals surface area contributed by atoms with Gasteiger partial charge >= 0.3 is 0 Å². The molecule has 5 nitrogen and oxygen atoms in total. The number of hydrogen-bond donors (Lipinski definition) is 1. The van der Waals surface area contributed by atoms with Gasteiger partial charge in [-0.15, -0.1) is 0 Å². The predicted octanol–water partition coefficient (Wildman–Crippen LogP) is 1.19. The lowest BCUT2D eigenvalue weighted by Gasteiger charge is -2.14. The van der Waals surface area contributed by atoms with Crippen LogP contribution in [0.15, 0.2) is 12.1 Å². The molecule has 0 fully saturated rings. The molecule has 0 aliphatic heterocycles. The van der Waals surface area contributed by atoms with Gasteiger partial charge in [-0.25, -0.2) is 0 Å². The van der Waals surface area contributed by atoms with Gasteiger partial charge in [-0.05, 0) is 13.0 Å². The van der Waals surface area contributed by atoms with Gasteiger partial charge in [-0.1, -0.05) is 6.07 Å². The third-order valence-electron chi connectivity index (χ3n) is 2.58. The summed E-state index contributed by atoms with van der Waals surface area (Å²) in [6.07, 6.45) is 0.176. The summed E-state index contributed by atoms with van der Waals surface area (Å²) in [6, 6.07) is 5.44. The fraction of sp³-hybridized carbons (Fsp3) is 0.385. The van der Waals surface area contributed by atoms with Gasteiger partial charge in [-0.3, -0.25) is 4.79 Å². The van der Waals surface area contributed by atoms with Gasteiger partial charge in [0.25, 0.3) is 0 Å². The maximum absolute atomic E-state index is 11.6. The molecule has 0 aliphatic rings. The Hall–Kier alpha value is -2.22. The molecule has 0 heterocycles. The maximum Gasteiger partial charge on any atom is 0.225 e. The number of amides is 1. The number of ether oxygens (including phenoxy) is 2. The van der Waals surface area contributed by atoms with Crippen LogP contribution in [0.2, 0.25) is 0 Å². The Balaban J connectivity index is 2.93. The number of carbonyl (C=O) groups is 1. The van der Waals surface area contributed by atoms with Gasteiger partial charge in [0.2, 0.25) is 5.91 Å². The van der Waals surface area contributed by atoms with E-state index in [4.69, 9.17) is 14.7 Å². The van der Waals surface area contributed by atoms with E-state index in [-0.39, 0.29) is 18.9 Å². The summed E-state index contributed by atoms with van der Waals surface area (Å²) in [5.74, 6) is 1.15. The van der Waals surface area contributed by atoms with Crippen molar-refractivity contribution in [2.75, 3.05) is 20.8 Å². The Morgan fingerprint density at radius 2 is 2.11 bits per heavy atom. The van der Waals surface area contributed by atoms with E-state index in [0.29, 0.717) is 11.5 Å². The Bertz CT molecular complexity index is 478. The predicted molar refractivity (Wildman–Crippen MR) is 66.6 cm³/mol. The highest BCUT2D eigenvalue weighted by Crippen LogP contribution is 2.31. The van der Waals surface area contributed by atoms with Crippen LogP contribution in [-0.2, 0) is 11.2 Å². The van der Waals surface area contributed by atoms with Gasteiger partial charge in [0, 0.05) is 11.1 Å². The van der Waals surface area contributed by atoms with Crippen molar-refractivity contribution in [2.24, 2.45) is 0 Å². The van der Waals surface area contributed by atoms with E-state index < -0.39 is 0 Å². The summed E-state index contributed by atoms with van der Waals surface area (Å²) in [5.41, 5.74) is 1.62. The molecule has 5 heteroatoms. The van der Waals surface area contributed by atoms with Crippen LogP contribution in [0.3, 0.4) is 0 Å². The number of nitriles is 1. The second-order valence-corrected chi connectivity index (χ2v) is 3.70. The Kier molecular flexibility index (Phi) is 5.00. The summed E-state index contributed by atoms with van der Waals surface area (Å²) in [4.78, 5) is 11.6. The fourth-order valence-corrected chi connectivity index (χ4v) is 1.75. The first kappa shape index (κ1) is 13.8. The molecule has 1 aromatic carbocycles. The normalized spacial score (nSPS) is 9.44. The molecule has 0 atom stereocenters. The summed E-state index contributed by atoms with van der Waals surface area (Å²) in [6.45, 7) is 1.88. The molecule has 1 rings (SSSR count). The number of hydrogen-bond acceptors (Lipinski definition) is 4. The topological polar surface area (TPSA) is 71.3 Å². The van der Waals surface area contributed by atoms with Crippen LogP contribution in [0.4, 0.5) is 0 Å². The minimum atomic E-state index is -0.209. The third-order valence-corrected chi connectivity index (χ3v) is 2.58. The first-order valence-corrected chi connectivity index (χ1v) is 5.48. The number of benzene rings is 1. The van der Waals surface area contributed by atoms with Gasteiger partial charge in [-0.2, -0.15) is 5.26 Å². The van der Waals surface area contributed by atoms with Gasteiger partial charge in [0.15, 0.2) is 0 Å². The second-order valence-electron chi connectivity index (χ2n) is 3.70. The zero-order chi connectivity index (χ0) is 13.5. The quantitative estimate of drug-likeness (QED) is 0.795. The molecule has 0 radical (unpaired) electrons. The Morgan fingerprint density at radius 1 is 1.39 bits per heavy atom. The zero-order valence-electron chi connectivity index (χ0n) is 10.7. The molecule has 0 spiro atoms. The van der Waals surface area contributed by atoms with E-state index >= 15 is 0 Å². The van der Waals surface area contributed by atoms with Crippen LogP contribution in [0.1, 0.15) is 11.1 Å². The van der Waals surface area contributed by atoms with Crippen molar-refractivity contribution in [1.82, 2.24) is 5.32 Å². The molecule has 0 saturated carbocycles. The van der Waals surface area contributed by atoms with Crippen molar-refractivity contribution in [3.05, 3.63) is 23.3 Å². The summed E-state index contributed by atoms with van der Waals surface area (Å²) >= 11 is 0. The lowest BCUT2D eigenvalue weighted by molar-refractivity contribution is -0.120. The Labute approximate surface area is 106 Å². The third kappa shape index (κ3) is 3.14. The zero-order valence-corrected chi connectivity index (χ0v) is 10.7. The minimum absolute atomic E-state index is 0.0102. The highest BCUT2D eigenvalue weighted by molar-refractivity contribution is 5.79. The standard InChI is InChI=1S/C13H16N2O3/c1-9-11(17-2)5-4-10(13(9)18-3)8-12(16)15-7-6-14/h4-5H,7-8H2,1-3H3,(H,15,16). The van der Waals surface area contributed by atoms with E-state index in [1.54, 1.807) is 26.4 Å². The molecule has 0 aliphatic carbocycles. The highest BCUT2D eigenvalue weighted by atomic mass is 16.5. The van der Waals surface area contributed by atoms with E-state index in [0.717, 1.165) is 11.1 Å². The average Bonchev–Trinajstić information content (AvgIpc) is 2.37. The lowest BCUT2D eigenvalue weighted by Crippen LogP contribution is -2.25. The number of methoxy groups -OCH3 is 2. The Morgan fingerprint density at radius 3 is 2.67 bits per heavy atom. The fourth-order valence-electron chi connectivity index (χ4n) is 1.75. The summed E-state index contributed by atoms with van der Waals surface area (Å²) in [7, 11) is 3.14. The molecule has 1 N–H and O–H groups in total. The molecule has 1 amide bonds. The molecule has 1 aromatic rings. The number of rotatable bonds is 5. The minimum Gasteiger partial charge on any atom is -0.496 e. The van der Waals surface area contributed by atoms with Gasteiger partial charge in [0.1, 0.15) is 18.0 Å². The molecule has 0 unspecified atom stereocenters. The molecule has 0 aromatic heterocycles. The molecular formula is C13H16N2O3. The average molecular weight is 248 g/mol. The summed E-state index contributed by atoms with van der Waals surface area (Å²) < 4.78 is 10.5. The van der Waals surface area contributed by atoms with Crippen molar-refractivity contribution >= 4 is 5.91 Å². The van der Waals surface area contributed by atoms with Crippen LogP contribution in [0, 0.1) is 18.3 Å². The first-order valence-electron chi connectivity index (χ1n) is 5.48. The number of nitrogens with one attached hydrogen (secondary N) is 1. The monoisotopic (exact) mass is 248 g/mol. The van der Waals surface area contributed by atoms with E-state index in [2.05, 4.69) is 5.32 Å². The number of nitrogens with zero attached hydrogens (tertiary/aromatic N) is 1. The molecule has 18 heavy (non-hydrogen) atoms. The van der Waals surface area contributed by atoms with Gasteiger partial charge in [0.05, 0.1) is 26.7 Å². The van der Waals surface area contributed by atoms with Crippen LogP contribution < -0.4 is 14.8 Å². The van der Waals surface area contributed by atoms with Crippen molar-refractivity contribution in [1.29, 1.82) is 5.26 Å². The van der Waals surface area contributed by atoms with Crippen LogP contribution >= 0.6 is 0 Å². The largest absolute Gasteiger partial charge is 0.496 e. The van der Waals surface area contributed by atoms with E-state index in [9.17, 15) is 4.79 Å². The van der Waals surface area contributed by atoms with Crippen molar-refractivity contribution in [2.45, 2.75) is 13.3 Å². The second kappa shape index (κ2) is 6.50. The lowest BCUT2D eigenvalue weighted by atomic mass is 10.1. The van der Waals surface area contributed by atoms with Crippen LogP contribution in [0.25, 0.3) is 0 Å². The van der Waals surface area contributed by atoms with Crippen molar-refractivity contribution in [3.63, 3.8) is 0 Å². The van der Waals surface area contributed by atoms with Crippen LogP contribution in [0.5, 0.6) is 11.5 Å². The smallest absolute Gasteiger partial charge is 0.225 e.